The van der Waals surface area contributed by atoms with Gasteiger partial charge in [-0.15, -0.1) is 12.6 Å². The molecule has 0 saturated carbocycles. The van der Waals surface area contributed by atoms with Crippen LogP contribution >= 0.6 is 28.6 Å². The molecule has 2 aromatic carbocycles. The molecule has 2 N–H and O–H groups in total. The zero-order chi connectivity index (χ0) is 13.8. The van der Waals surface area contributed by atoms with Gasteiger partial charge in [-0.2, -0.15) is 0 Å². The van der Waals surface area contributed by atoms with E-state index in [1.165, 1.54) is 0 Å². The van der Waals surface area contributed by atoms with Crippen molar-refractivity contribution < 1.29 is 4.79 Å². The van der Waals surface area contributed by atoms with Gasteiger partial charge in [0.1, 0.15) is 0 Å². The highest BCUT2D eigenvalue weighted by Gasteiger charge is 2.05. The summed E-state index contributed by atoms with van der Waals surface area (Å²) in [5, 5.41) is 5.54. The van der Waals surface area contributed by atoms with E-state index in [-0.39, 0.29) is 6.03 Å². The number of anilines is 2. The van der Waals surface area contributed by atoms with Gasteiger partial charge in [0.2, 0.25) is 0 Å². The molecule has 98 valence electrons. The highest BCUT2D eigenvalue weighted by Crippen LogP contribution is 2.21. The Kier molecular flexibility index (Phi) is 4.50. The zero-order valence-electron chi connectivity index (χ0n) is 10.3. The number of para-hydroxylation sites is 1. The maximum Gasteiger partial charge on any atom is 0.323 e. The average Bonchev–Trinajstić information content (AvgIpc) is 2.37. The van der Waals surface area contributed by atoms with E-state index >= 15 is 0 Å². The van der Waals surface area contributed by atoms with Gasteiger partial charge in [-0.25, -0.2) is 4.79 Å². The summed E-state index contributed by atoms with van der Waals surface area (Å²) in [5.74, 6) is 0. The Morgan fingerprint density at radius 3 is 2.58 bits per heavy atom. The van der Waals surface area contributed by atoms with Crippen LogP contribution in [0.3, 0.4) is 0 Å². The molecule has 0 aromatic heterocycles. The van der Waals surface area contributed by atoms with Crippen molar-refractivity contribution in [3.8, 4) is 0 Å². The maximum absolute atomic E-state index is 11.9. The van der Waals surface area contributed by atoms with Gasteiger partial charge >= 0.3 is 6.03 Å². The second-order valence-corrected chi connectivity index (χ2v) is 5.40. The van der Waals surface area contributed by atoms with Crippen molar-refractivity contribution in [2.45, 2.75) is 11.8 Å². The fraction of sp³-hybridized carbons (Fsp3) is 0.0714. The molecule has 0 radical (unpaired) electrons. The number of nitrogens with one attached hydrogen (secondary N) is 2. The molecular weight excluding hydrogens is 324 g/mol. The first-order valence-electron chi connectivity index (χ1n) is 5.68. The van der Waals surface area contributed by atoms with Gasteiger partial charge in [0.15, 0.2) is 0 Å². The standard InChI is InChI=1S/C14H13BrN2OS/c1-9-8-10(6-7-11(9)15)16-14(18)17-12-4-2-3-5-13(12)19/h2-8,19H,1H3,(H2,16,17,18). The van der Waals surface area contributed by atoms with Gasteiger partial charge < -0.3 is 10.6 Å². The number of carbonyl (C=O) groups excluding carboxylic acids is 1. The molecule has 0 aliphatic rings. The summed E-state index contributed by atoms with van der Waals surface area (Å²) in [6, 6.07) is 12.7. The van der Waals surface area contributed by atoms with Gasteiger partial charge in [0, 0.05) is 15.1 Å². The summed E-state index contributed by atoms with van der Waals surface area (Å²) in [4.78, 5) is 12.6. The topological polar surface area (TPSA) is 41.1 Å². The molecule has 5 heteroatoms. The van der Waals surface area contributed by atoms with E-state index in [0.717, 1.165) is 20.6 Å². The number of rotatable bonds is 2. The molecule has 0 saturated heterocycles. The lowest BCUT2D eigenvalue weighted by molar-refractivity contribution is 0.262. The molecule has 0 unspecified atom stereocenters. The van der Waals surface area contributed by atoms with E-state index in [1.807, 2.05) is 43.3 Å². The van der Waals surface area contributed by atoms with Gasteiger partial charge in [-0.05, 0) is 42.8 Å². The number of hydrogen-bond acceptors (Lipinski definition) is 2. The number of benzene rings is 2. The molecule has 0 atom stereocenters. The second-order valence-electron chi connectivity index (χ2n) is 4.06. The second kappa shape index (κ2) is 6.12. The normalized spacial score (nSPS) is 10.1. The Labute approximate surface area is 126 Å². The summed E-state index contributed by atoms with van der Waals surface area (Å²) in [5.41, 5.74) is 2.49. The van der Waals surface area contributed by atoms with Crippen LogP contribution in [0.25, 0.3) is 0 Å². The largest absolute Gasteiger partial charge is 0.323 e. The predicted octanol–water partition coefficient (Wildman–Crippen LogP) is 4.69. The van der Waals surface area contributed by atoms with Crippen LogP contribution in [-0.4, -0.2) is 6.03 Å². The van der Waals surface area contributed by atoms with Crippen LogP contribution < -0.4 is 10.6 Å². The van der Waals surface area contributed by atoms with Crippen molar-refractivity contribution >= 4 is 46.0 Å². The Morgan fingerprint density at radius 2 is 1.89 bits per heavy atom. The van der Waals surface area contributed by atoms with Crippen molar-refractivity contribution in [1.29, 1.82) is 0 Å². The van der Waals surface area contributed by atoms with Crippen LogP contribution in [0.2, 0.25) is 0 Å². The van der Waals surface area contributed by atoms with Crippen molar-refractivity contribution in [2.75, 3.05) is 10.6 Å². The first-order valence-corrected chi connectivity index (χ1v) is 6.92. The Morgan fingerprint density at radius 1 is 1.16 bits per heavy atom. The molecule has 0 aliphatic carbocycles. The Balaban J connectivity index is 2.05. The summed E-state index contributed by atoms with van der Waals surface area (Å²) in [7, 11) is 0. The van der Waals surface area contributed by atoms with Gasteiger partial charge in [0.05, 0.1) is 5.69 Å². The third-order valence-electron chi connectivity index (χ3n) is 2.57. The minimum absolute atomic E-state index is 0.289. The Bertz CT molecular complexity index is 616. The maximum atomic E-state index is 11.9. The molecule has 0 aliphatic heterocycles. The number of urea groups is 1. The van der Waals surface area contributed by atoms with Crippen molar-refractivity contribution in [3.63, 3.8) is 0 Å². The van der Waals surface area contributed by atoms with Crippen LogP contribution in [0.15, 0.2) is 51.8 Å². The monoisotopic (exact) mass is 336 g/mol. The summed E-state index contributed by atoms with van der Waals surface area (Å²) in [6.45, 7) is 1.97. The number of carbonyl (C=O) groups is 1. The lowest BCUT2D eigenvalue weighted by atomic mass is 10.2. The summed E-state index contributed by atoms with van der Waals surface area (Å²) >= 11 is 7.70. The van der Waals surface area contributed by atoms with Crippen molar-refractivity contribution in [1.82, 2.24) is 0 Å². The van der Waals surface area contributed by atoms with E-state index in [2.05, 4.69) is 39.2 Å². The van der Waals surface area contributed by atoms with Crippen LogP contribution in [0.5, 0.6) is 0 Å². The molecule has 0 spiro atoms. The molecule has 2 aromatic rings. The molecule has 0 heterocycles. The highest BCUT2D eigenvalue weighted by molar-refractivity contribution is 9.10. The molecule has 19 heavy (non-hydrogen) atoms. The van der Waals surface area contributed by atoms with Gasteiger partial charge in [-0.1, -0.05) is 28.1 Å². The third-order valence-corrected chi connectivity index (χ3v) is 3.85. The minimum Gasteiger partial charge on any atom is -0.308 e. The van der Waals surface area contributed by atoms with Crippen molar-refractivity contribution in [2.24, 2.45) is 0 Å². The van der Waals surface area contributed by atoms with E-state index in [4.69, 9.17) is 0 Å². The smallest absolute Gasteiger partial charge is 0.308 e. The average molecular weight is 337 g/mol. The molecule has 0 bridgehead atoms. The number of hydrogen-bond donors (Lipinski definition) is 3. The fourth-order valence-electron chi connectivity index (χ4n) is 1.59. The lowest BCUT2D eigenvalue weighted by Gasteiger charge is -2.10. The van der Waals surface area contributed by atoms with Gasteiger partial charge in [0.25, 0.3) is 0 Å². The first kappa shape index (κ1) is 14.0. The molecule has 2 amide bonds. The number of thiol groups is 1. The van der Waals surface area contributed by atoms with Crippen LogP contribution in [0.4, 0.5) is 16.2 Å². The fourth-order valence-corrected chi connectivity index (χ4v) is 2.05. The number of aryl methyl sites for hydroxylation is 1. The van der Waals surface area contributed by atoms with E-state index in [1.54, 1.807) is 6.07 Å². The number of halogens is 1. The molecule has 0 fully saturated rings. The van der Waals surface area contributed by atoms with Crippen LogP contribution in [0.1, 0.15) is 5.56 Å². The van der Waals surface area contributed by atoms with Crippen LogP contribution in [0, 0.1) is 6.92 Å². The lowest BCUT2D eigenvalue weighted by Crippen LogP contribution is -2.19. The van der Waals surface area contributed by atoms with Crippen LogP contribution in [-0.2, 0) is 0 Å². The van der Waals surface area contributed by atoms with Crippen molar-refractivity contribution in [3.05, 3.63) is 52.5 Å². The first-order chi connectivity index (χ1) is 9.06. The zero-order valence-corrected chi connectivity index (χ0v) is 12.8. The summed E-state index contributed by atoms with van der Waals surface area (Å²) in [6.07, 6.45) is 0. The van der Waals surface area contributed by atoms with Gasteiger partial charge in [-0.3, -0.25) is 0 Å². The van der Waals surface area contributed by atoms with E-state index < -0.39 is 0 Å². The molecule has 3 nitrogen and oxygen atoms in total. The molecular formula is C14H13BrN2OS. The van der Waals surface area contributed by atoms with E-state index in [9.17, 15) is 4.79 Å². The Hall–Kier alpha value is -1.46. The van der Waals surface area contributed by atoms with E-state index in [0.29, 0.717) is 5.69 Å². The minimum atomic E-state index is -0.289. The summed E-state index contributed by atoms with van der Waals surface area (Å²) < 4.78 is 1.01. The third kappa shape index (κ3) is 3.75. The quantitative estimate of drug-likeness (QED) is 0.684. The SMILES string of the molecule is Cc1cc(NC(=O)Nc2ccccc2S)ccc1Br. The predicted molar refractivity (Wildman–Crippen MR) is 85.2 cm³/mol. The molecule has 2 rings (SSSR count). The highest BCUT2D eigenvalue weighted by atomic mass is 79.9. The number of amides is 2.